The van der Waals surface area contributed by atoms with Gasteiger partial charge in [0.2, 0.25) is 11.8 Å². The van der Waals surface area contributed by atoms with Crippen LogP contribution in [-0.2, 0) is 19.4 Å². The van der Waals surface area contributed by atoms with Crippen LogP contribution in [-0.4, -0.2) is 41.0 Å². The minimum absolute atomic E-state index is 0.0380. The highest BCUT2D eigenvalue weighted by molar-refractivity contribution is 7.91. The summed E-state index contributed by atoms with van der Waals surface area (Å²) in [4.78, 5) is 27.2. The lowest BCUT2D eigenvalue weighted by atomic mass is 10.2. The number of sulfone groups is 1. The number of rotatable bonds is 6. The summed E-state index contributed by atoms with van der Waals surface area (Å²) in [6, 6.07) is 14.1. The summed E-state index contributed by atoms with van der Waals surface area (Å²) in [6.07, 6.45) is 0.999. The van der Waals surface area contributed by atoms with Gasteiger partial charge in [-0.25, -0.2) is 8.42 Å². The molecule has 33 heavy (non-hydrogen) atoms. The van der Waals surface area contributed by atoms with Gasteiger partial charge in [0.1, 0.15) is 29.1 Å². The molecule has 9 nitrogen and oxygen atoms in total. The highest BCUT2D eigenvalue weighted by Crippen LogP contribution is 2.40. The number of ether oxygens (including phenoxy) is 2. The average Bonchev–Trinajstić information content (AvgIpc) is 3.32. The first-order valence-corrected chi connectivity index (χ1v) is 11.6. The Labute approximate surface area is 190 Å². The zero-order valence-electron chi connectivity index (χ0n) is 18.0. The SMILES string of the molecule is COc1ccc(OC)c(NC(=O)CN2C(=O)CC(c3ccco3)S(=O)(=O)c3ccccc32)c1. The van der Waals surface area contributed by atoms with Crippen molar-refractivity contribution in [1.82, 2.24) is 0 Å². The van der Waals surface area contributed by atoms with E-state index in [1.165, 1.54) is 43.6 Å². The molecule has 1 atom stereocenters. The molecule has 0 aliphatic carbocycles. The molecule has 2 amide bonds. The molecule has 1 N–H and O–H groups in total. The number of carbonyl (C=O) groups is 2. The predicted octanol–water partition coefficient (Wildman–Crippen LogP) is 3.19. The number of nitrogens with zero attached hydrogens (tertiary/aromatic N) is 1. The molecule has 0 spiro atoms. The van der Waals surface area contributed by atoms with Crippen molar-refractivity contribution < 1.29 is 31.9 Å². The van der Waals surface area contributed by atoms with Crippen LogP contribution in [0, 0.1) is 0 Å². The maximum atomic E-state index is 13.4. The number of para-hydroxylation sites is 1. The van der Waals surface area contributed by atoms with E-state index in [2.05, 4.69) is 5.32 Å². The Morgan fingerprint density at radius 1 is 1.12 bits per heavy atom. The van der Waals surface area contributed by atoms with Crippen molar-refractivity contribution in [3.8, 4) is 11.5 Å². The number of methoxy groups -OCH3 is 2. The lowest BCUT2D eigenvalue weighted by Gasteiger charge is -2.22. The Hall–Kier alpha value is -3.79. The summed E-state index contributed by atoms with van der Waals surface area (Å²) in [7, 11) is -0.987. The predicted molar refractivity (Wildman–Crippen MR) is 120 cm³/mol. The number of benzene rings is 2. The molecule has 0 bridgehead atoms. The van der Waals surface area contributed by atoms with Gasteiger partial charge in [-0.2, -0.15) is 0 Å². The van der Waals surface area contributed by atoms with Gasteiger partial charge in [-0.3, -0.25) is 9.59 Å². The van der Waals surface area contributed by atoms with Gasteiger partial charge in [-0.05, 0) is 36.4 Å². The number of nitrogens with one attached hydrogen (secondary N) is 1. The quantitative estimate of drug-likeness (QED) is 0.588. The fourth-order valence-electron chi connectivity index (χ4n) is 3.73. The van der Waals surface area contributed by atoms with E-state index in [9.17, 15) is 18.0 Å². The van der Waals surface area contributed by atoms with Crippen LogP contribution < -0.4 is 19.7 Å². The molecule has 172 valence electrons. The summed E-state index contributed by atoms with van der Waals surface area (Å²) >= 11 is 0. The van der Waals surface area contributed by atoms with E-state index >= 15 is 0 Å². The van der Waals surface area contributed by atoms with Gasteiger partial charge in [0.25, 0.3) is 0 Å². The number of amides is 2. The number of carbonyl (C=O) groups excluding carboxylic acids is 2. The molecule has 2 aromatic carbocycles. The number of hydrogen-bond acceptors (Lipinski definition) is 7. The van der Waals surface area contributed by atoms with Gasteiger partial charge in [-0.15, -0.1) is 0 Å². The fourth-order valence-corrected chi connectivity index (χ4v) is 5.58. The minimum Gasteiger partial charge on any atom is -0.497 e. The molecular weight excluding hydrogens is 448 g/mol. The van der Waals surface area contributed by atoms with Gasteiger partial charge >= 0.3 is 0 Å². The van der Waals surface area contributed by atoms with Gasteiger partial charge < -0.3 is 24.1 Å². The van der Waals surface area contributed by atoms with Gasteiger partial charge in [-0.1, -0.05) is 12.1 Å². The van der Waals surface area contributed by atoms with Crippen molar-refractivity contribution in [1.29, 1.82) is 0 Å². The van der Waals surface area contributed by atoms with E-state index < -0.39 is 33.4 Å². The van der Waals surface area contributed by atoms with E-state index in [1.807, 2.05) is 0 Å². The summed E-state index contributed by atoms with van der Waals surface area (Å²) in [5.41, 5.74) is 0.503. The molecule has 1 aliphatic heterocycles. The minimum atomic E-state index is -3.95. The molecule has 0 saturated carbocycles. The number of fused-ring (bicyclic) bond motifs is 1. The van der Waals surface area contributed by atoms with Crippen LogP contribution in [0.5, 0.6) is 11.5 Å². The van der Waals surface area contributed by atoms with Crippen LogP contribution >= 0.6 is 0 Å². The second-order valence-electron chi connectivity index (χ2n) is 7.32. The van der Waals surface area contributed by atoms with Crippen molar-refractivity contribution >= 4 is 33.0 Å². The van der Waals surface area contributed by atoms with E-state index in [1.54, 1.807) is 36.4 Å². The fraction of sp³-hybridized carbons (Fsp3) is 0.217. The molecule has 1 aliphatic rings. The van der Waals surface area contributed by atoms with Crippen LogP contribution in [0.3, 0.4) is 0 Å². The standard InChI is InChI=1S/C23H22N2O7S/c1-30-15-9-10-18(31-2)16(12-15)24-22(26)14-25-17-6-3-4-8-20(17)33(28,29)21(13-23(25)27)19-7-5-11-32-19/h3-12,21H,13-14H2,1-2H3,(H,24,26). The number of hydrogen-bond donors (Lipinski definition) is 1. The molecule has 1 unspecified atom stereocenters. The van der Waals surface area contributed by atoms with E-state index in [0.717, 1.165) is 0 Å². The van der Waals surface area contributed by atoms with E-state index in [4.69, 9.17) is 13.9 Å². The Balaban J connectivity index is 1.67. The third-order valence-corrected chi connectivity index (χ3v) is 7.45. The Bertz CT molecular complexity index is 1290. The normalized spacial score (nSPS) is 17.1. The third kappa shape index (κ3) is 4.29. The molecule has 0 fully saturated rings. The number of anilines is 2. The molecule has 4 rings (SSSR count). The molecule has 0 radical (unpaired) electrons. The first-order valence-electron chi connectivity index (χ1n) is 10.0. The Morgan fingerprint density at radius 2 is 1.91 bits per heavy atom. The maximum Gasteiger partial charge on any atom is 0.244 e. The summed E-state index contributed by atoms with van der Waals surface area (Å²) in [5.74, 6) is 0.0451. The molecule has 10 heteroatoms. The first kappa shape index (κ1) is 22.4. The van der Waals surface area contributed by atoms with Crippen molar-refractivity contribution in [2.75, 3.05) is 31.0 Å². The van der Waals surface area contributed by atoms with Crippen molar-refractivity contribution in [2.24, 2.45) is 0 Å². The molecule has 1 aromatic heterocycles. The Morgan fingerprint density at radius 3 is 2.61 bits per heavy atom. The van der Waals surface area contributed by atoms with Crippen LogP contribution in [0.2, 0.25) is 0 Å². The van der Waals surface area contributed by atoms with Gasteiger partial charge in [0.05, 0.1) is 43.2 Å². The largest absolute Gasteiger partial charge is 0.497 e. The maximum absolute atomic E-state index is 13.4. The van der Waals surface area contributed by atoms with Gasteiger partial charge in [0, 0.05) is 6.07 Å². The highest BCUT2D eigenvalue weighted by atomic mass is 32.2. The van der Waals surface area contributed by atoms with E-state index in [-0.39, 0.29) is 22.8 Å². The molecule has 2 heterocycles. The lowest BCUT2D eigenvalue weighted by molar-refractivity contribution is -0.121. The van der Waals surface area contributed by atoms with Crippen LogP contribution in [0.1, 0.15) is 17.4 Å². The zero-order valence-corrected chi connectivity index (χ0v) is 18.8. The van der Waals surface area contributed by atoms with E-state index in [0.29, 0.717) is 17.2 Å². The van der Waals surface area contributed by atoms with Crippen LogP contribution in [0.25, 0.3) is 0 Å². The third-order valence-electron chi connectivity index (χ3n) is 5.34. The number of furan rings is 1. The summed E-state index contributed by atoms with van der Waals surface area (Å²) in [5, 5.41) is 1.52. The van der Waals surface area contributed by atoms with Gasteiger partial charge in [0.15, 0.2) is 9.84 Å². The topological polar surface area (TPSA) is 115 Å². The zero-order chi connectivity index (χ0) is 23.6. The summed E-state index contributed by atoms with van der Waals surface area (Å²) in [6.45, 7) is -0.392. The Kier molecular flexibility index (Phi) is 6.10. The first-order chi connectivity index (χ1) is 15.8. The summed E-state index contributed by atoms with van der Waals surface area (Å²) < 4.78 is 42.5. The smallest absolute Gasteiger partial charge is 0.244 e. The highest BCUT2D eigenvalue weighted by Gasteiger charge is 2.41. The van der Waals surface area contributed by atoms with Crippen LogP contribution in [0.15, 0.2) is 70.2 Å². The molecular formula is C23H22N2O7S. The second-order valence-corrected chi connectivity index (χ2v) is 9.41. The monoisotopic (exact) mass is 470 g/mol. The van der Waals surface area contributed by atoms with Crippen molar-refractivity contribution in [3.63, 3.8) is 0 Å². The average molecular weight is 471 g/mol. The second kappa shape index (κ2) is 8.99. The van der Waals surface area contributed by atoms with Crippen molar-refractivity contribution in [2.45, 2.75) is 16.6 Å². The lowest BCUT2D eigenvalue weighted by Crippen LogP contribution is -2.38. The molecule has 3 aromatic rings. The molecule has 0 saturated heterocycles. The van der Waals surface area contributed by atoms with Crippen LogP contribution in [0.4, 0.5) is 11.4 Å². The van der Waals surface area contributed by atoms with Crippen molar-refractivity contribution in [3.05, 3.63) is 66.6 Å².